The van der Waals surface area contributed by atoms with Crippen LogP contribution in [0.15, 0.2) is 0 Å². The van der Waals surface area contributed by atoms with Gasteiger partial charge in [0.2, 0.25) is 11.8 Å². The van der Waals surface area contributed by atoms with Crippen LogP contribution in [0, 0.1) is 0 Å². The van der Waals surface area contributed by atoms with Gasteiger partial charge in [-0.15, -0.1) is 0 Å². The van der Waals surface area contributed by atoms with Gasteiger partial charge in [0.25, 0.3) is 0 Å². The molecule has 0 aromatic heterocycles. The largest absolute Gasteiger partial charge is 0.347 e. The maximum Gasteiger partial charge on any atom is 0.241 e. The van der Waals surface area contributed by atoms with Crippen LogP contribution in [0.1, 0.15) is 258 Å². The molecule has 292 valence electrons. The van der Waals surface area contributed by atoms with Crippen molar-refractivity contribution in [2.75, 3.05) is 19.6 Å². The zero-order valence-electron chi connectivity index (χ0n) is 34.0. The van der Waals surface area contributed by atoms with Crippen molar-refractivity contribution in [1.29, 1.82) is 0 Å². The van der Waals surface area contributed by atoms with Crippen molar-refractivity contribution in [2.24, 2.45) is 0 Å². The summed E-state index contributed by atoms with van der Waals surface area (Å²) in [6, 6.07) is 0. The van der Waals surface area contributed by atoms with Gasteiger partial charge < -0.3 is 10.2 Å². The first-order valence-corrected chi connectivity index (χ1v) is 22.7. The Morgan fingerprint density at radius 2 is 0.592 bits per heavy atom. The molecule has 0 unspecified atom stereocenters. The molecule has 0 atom stereocenters. The zero-order valence-corrected chi connectivity index (χ0v) is 34.0. The number of amides is 2. The Morgan fingerprint density at radius 3 is 0.878 bits per heavy atom. The predicted molar refractivity (Wildman–Crippen MR) is 217 cm³/mol. The van der Waals surface area contributed by atoms with Crippen LogP contribution in [0.2, 0.25) is 0 Å². The van der Waals surface area contributed by atoms with E-state index in [1.54, 1.807) is 0 Å². The molecule has 0 spiro atoms. The molecule has 2 amide bonds. The summed E-state index contributed by atoms with van der Waals surface area (Å²) in [4.78, 5) is 27.5. The van der Waals surface area contributed by atoms with Gasteiger partial charge in [-0.1, -0.05) is 233 Å². The third kappa shape index (κ3) is 38.0. The van der Waals surface area contributed by atoms with Gasteiger partial charge >= 0.3 is 0 Å². The second-order valence-electron chi connectivity index (χ2n) is 15.6. The number of hydrogen-bond donors (Lipinski definition) is 1. The van der Waals surface area contributed by atoms with Crippen LogP contribution in [0.5, 0.6) is 0 Å². The molecule has 0 saturated heterocycles. The number of carbonyl (C=O) groups excluding carboxylic acids is 2. The highest BCUT2D eigenvalue weighted by atomic mass is 16.2. The predicted octanol–water partition coefficient (Wildman–Crippen LogP) is 14.4. The minimum Gasteiger partial charge on any atom is -0.347 e. The molecule has 0 bridgehead atoms. The molecular formula is C45H90N2O2. The van der Waals surface area contributed by atoms with Gasteiger partial charge in [-0.25, -0.2) is 0 Å². The fourth-order valence-electron chi connectivity index (χ4n) is 7.15. The summed E-state index contributed by atoms with van der Waals surface area (Å²) in [5.74, 6) is 0.151. The van der Waals surface area contributed by atoms with Crippen LogP contribution in [-0.2, 0) is 9.59 Å². The lowest BCUT2D eigenvalue weighted by atomic mass is 10.0. The SMILES string of the molecule is CCCCCCCCCCCCCCCCCCN(CCCCCCCCCCCCCCCCCC)C(=O)CNC(=O)CCCCCC. The van der Waals surface area contributed by atoms with Crippen molar-refractivity contribution in [3.05, 3.63) is 0 Å². The Bertz CT molecular complexity index is 630. The molecule has 0 aromatic carbocycles. The van der Waals surface area contributed by atoms with Gasteiger partial charge in [-0.2, -0.15) is 0 Å². The van der Waals surface area contributed by atoms with Crippen LogP contribution in [-0.4, -0.2) is 36.3 Å². The molecule has 0 aliphatic carbocycles. The molecule has 49 heavy (non-hydrogen) atoms. The third-order valence-corrected chi connectivity index (χ3v) is 10.6. The Morgan fingerprint density at radius 1 is 0.347 bits per heavy atom. The van der Waals surface area contributed by atoms with Gasteiger partial charge in [-0.3, -0.25) is 9.59 Å². The highest BCUT2D eigenvalue weighted by Gasteiger charge is 2.14. The third-order valence-electron chi connectivity index (χ3n) is 10.6. The molecule has 4 heteroatoms. The number of carbonyl (C=O) groups is 2. The first-order chi connectivity index (χ1) is 24.2. The van der Waals surface area contributed by atoms with Crippen LogP contribution >= 0.6 is 0 Å². The van der Waals surface area contributed by atoms with E-state index in [1.165, 1.54) is 205 Å². The topological polar surface area (TPSA) is 49.4 Å². The first kappa shape index (κ1) is 47.9. The number of nitrogens with zero attached hydrogens (tertiary/aromatic N) is 1. The Labute approximate surface area is 308 Å². The van der Waals surface area contributed by atoms with Crippen molar-refractivity contribution in [3.8, 4) is 0 Å². The van der Waals surface area contributed by atoms with Crippen molar-refractivity contribution in [3.63, 3.8) is 0 Å². The fourth-order valence-corrected chi connectivity index (χ4v) is 7.15. The van der Waals surface area contributed by atoms with E-state index in [1.807, 2.05) is 0 Å². The minimum atomic E-state index is 0.0363. The van der Waals surface area contributed by atoms with E-state index < -0.39 is 0 Å². The standard InChI is InChI=1S/C45H90N2O2/c1-4-7-10-13-15-17-19-21-23-25-27-29-31-33-35-38-41-47(45(49)43-46-44(48)40-37-12-9-6-3)42-39-36-34-32-30-28-26-24-22-20-18-16-14-11-8-5-2/h4-43H2,1-3H3,(H,46,48). The number of nitrogens with one attached hydrogen (secondary N) is 1. The quantitative estimate of drug-likeness (QED) is 0.0649. The van der Waals surface area contributed by atoms with Crippen molar-refractivity contribution < 1.29 is 9.59 Å². The summed E-state index contributed by atoms with van der Waals surface area (Å²) in [5.41, 5.74) is 0. The van der Waals surface area contributed by atoms with Crippen LogP contribution < -0.4 is 5.32 Å². The van der Waals surface area contributed by atoms with E-state index in [0.717, 1.165) is 38.8 Å². The number of rotatable bonds is 41. The monoisotopic (exact) mass is 691 g/mol. The molecule has 0 rings (SSSR count). The van der Waals surface area contributed by atoms with E-state index in [-0.39, 0.29) is 18.4 Å². The lowest BCUT2D eigenvalue weighted by Crippen LogP contribution is -2.41. The Kier molecular flexibility index (Phi) is 40.5. The Hall–Kier alpha value is -1.06. The molecular weight excluding hydrogens is 601 g/mol. The molecule has 0 aromatic rings. The summed E-state index contributed by atoms with van der Waals surface area (Å²) in [7, 11) is 0. The molecule has 0 heterocycles. The van der Waals surface area contributed by atoms with E-state index >= 15 is 0 Å². The molecule has 0 saturated carbocycles. The van der Waals surface area contributed by atoms with Gasteiger partial charge in [-0.05, 0) is 19.3 Å². The van der Waals surface area contributed by atoms with E-state index in [4.69, 9.17) is 0 Å². The summed E-state index contributed by atoms with van der Waals surface area (Å²) in [6.07, 6.45) is 48.7. The maximum absolute atomic E-state index is 13.1. The van der Waals surface area contributed by atoms with E-state index in [2.05, 4.69) is 31.0 Å². The molecule has 0 radical (unpaired) electrons. The summed E-state index contributed by atoms with van der Waals surface area (Å²) in [6.45, 7) is 8.64. The van der Waals surface area contributed by atoms with Gasteiger partial charge in [0.1, 0.15) is 0 Å². The van der Waals surface area contributed by atoms with E-state index in [0.29, 0.717) is 6.42 Å². The number of unbranched alkanes of at least 4 members (excludes halogenated alkanes) is 33. The van der Waals surface area contributed by atoms with Crippen LogP contribution in [0.4, 0.5) is 0 Å². The zero-order chi connectivity index (χ0) is 35.7. The number of hydrogen-bond acceptors (Lipinski definition) is 2. The van der Waals surface area contributed by atoms with Gasteiger partial charge in [0.05, 0.1) is 6.54 Å². The summed E-state index contributed by atoms with van der Waals surface area (Å²) >= 11 is 0. The van der Waals surface area contributed by atoms with E-state index in [9.17, 15) is 9.59 Å². The smallest absolute Gasteiger partial charge is 0.241 e. The highest BCUT2D eigenvalue weighted by Crippen LogP contribution is 2.16. The highest BCUT2D eigenvalue weighted by molar-refractivity contribution is 5.84. The molecule has 0 aliphatic rings. The molecule has 1 N–H and O–H groups in total. The second kappa shape index (κ2) is 41.4. The minimum absolute atomic E-state index is 0.0363. The van der Waals surface area contributed by atoms with Crippen molar-refractivity contribution >= 4 is 11.8 Å². The lowest BCUT2D eigenvalue weighted by Gasteiger charge is -2.23. The van der Waals surface area contributed by atoms with Crippen LogP contribution in [0.25, 0.3) is 0 Å². The molecule has 0 aliphatic heterocycles. The summed E-state index contributed by atoms with van der Waals surface area (Å²) in [5, 5.41) is 2.92. The maximum atomic E-state index is 13.1. The van der Waals surface area contributed by atoms with Crippen LogP contribution in [0.3, 0.4) is 0 Å². The second-order valence-corrected chi connectivity index (χ2v) is 15.6. The average Bonchev–Trinajstić information content (AvgIpc) is 3.11. The molecule has 0 fully saturated rings. The van der Waals surface area contributed by atoms with Crippen molar-refractivity contribution in [2.45, 2.75) is 258 Å². The first-order valence-electron chi connectivity index (χ1n) is 22.7. The Balaban J connectivity index is 4.05. The summed E-state index contributed by atoms with van der Waals surface area (Å²) < 4.78 is 0. The van der Waals surface area contributed by atoms with Crippen molar-refractivity contribution in [1.82, 2.24) is 10.2 Å². The fraction of sp³-hybridized carbons (Fsp3) is 0.956. The molecule has 4 nitrogen and oxygen atoms in total. The lowest BCUT2D eigenvalue weighted by molar-refractivity contribution is -0.133. The van der Waals surface area contributed by atoms with Gasteiger partial charge in [0, 0.05) is 19.5 Å². The average molecular weight is 691 g/mol. The van der Waals surface area contributed by atoms with Gasteiger partial charge in [0.15, 0.2) is 0 Å². The normalized spacial score (nSPS) is 11.3.